The molecule has 0 saturated heterocycles. The van der Waals surface area contributed by atoms with Crippen molar-refractivity contribution in [1.82, 2.24) is 14.5 Å². The fraction of sp³-hybridized carbons (Fsp3) is 0.150. The zero-order valence-electron chi connectivity index (χ0n) is 14.8. The summed E-state index contributed by atoms with van der Waals surface area (Å²) in [4.78, 5) is 21.3. The number of thiazole rings is 1. The Labute approximate surface area is 165 Å². The van der Waals surface area contributed by atoms with Gasteiger partial charge in [0.1, 0.15) is 0 Å². The second-order valence-corrected chi connectivity index (χ2v) is 7.89. The van der Waals surface area contributed by atoms with Gasteiger partial charge in [0.15, 0.2) is 10.3 Å². The molecule has 2 aromatic carbocycles. The summed E-state index contributed by atoms with van der Waals surface area (Å²) in [5.74, 6) is 0.212. The number of nitrogens with one attached hydrogen (secondary N) is 1. The number of imidazole rings is 1. The van der Waals surface area contributed by atoms with E-state index in [2.05, 4.69) is 33.1 Å². The first-order valence-corrected chi connectivity index (χ1v) is 10.4. The molecule has 4 aromatic rings. The van der Waals surface area contributed by atoms with E-state index in [0.717, 1.165) is 28.4 Å². The van der Waals surface area contributed by atoms with Crippen molar-refractivity contribution in [3.63, 3.8) is 0 Å². The third-order valence-corrected chi connectivity index (χ3v) is 5.85. The number of thioether (sulfide) groups is 1. The van der Waals surface area contributed by atoms with Crippen molar-refractivity contribution in [2.45, 2.75) is 18.6 Å². The molecule has 5 nitrogen and oxygen atoms in total. The minimum absolute atomic E-state index is 0.0762. The molecule has 0 unspecified atom stereocenters. The third kappa shape index (κ3) is 4.20. The second-order valence-electron chi connectivity index (χ2n) is 6.09. The highest BCUT2D eigenvalue weighted by atomic mass is 32.2. The van der Waals surface area contributed by atoms with Crippen molar-refractivity contribution < 1.29 is 4.79 Å². The summed E-state index contributed by atoms with van der Waals surface area (Å²) in [6.07, 6.45) is 0. The van der Waals surface area contributed by atoms with E-state index >= 15 is 0 Å². The molecule has 4 rings (SSSR count). The van der Waals surface area contributed by atoms with E-state index < -0.39 is 0 Å². The molecule has 2 heterocycles. The van der Waals surface area contributed by atoms with Crippen LogP contribution < -0.4 is 5.32 Å². The van der Waals surface area contributed by atoms with Gasteiger partial charge in [0.25, 0.3) is 0 Å². The Balaban J connectivity index is 1.53. The second kappa shape index (κ2) is 7.94. The number of aromatic nitrogens is 3. The molecule has 7 heteroatoms. The molecule has 0 fully saturated rings. The summed E-state index contributed by atoms with van der Waals surface area (Å²) < 4.78 is 2.16. The lowest BCUT2D eigenvalue weighted by molar-refractivity contribution is -0.113. The maximum absolute atomic E-state index is 12.3. The minimum atomic E-state index is -0.0762. The molecule has 0 radical (unpaired) electrons. The van der Waals surface area contributed by atoms with Crippen LogP contribution in [0.5, 0.6) is 0 Å². The summed E-state index contributed by atoms with van der Waals surface area (Å²) in [5.41, 5.74) is 4.12. The molecule has 1 amide bonds. The van der Waals surface area contributed by atoms with Crippen LogP contribution in [0, 0.1) is 6.92 Å². The predicted molar refractivity (Wildman–Crippen MR) is 111 cm³/mol. The number of hydrogen-bond donors (Lipinski definition) is 1. The number of carbonyl (C=O) groups excluding carboxylic acids is 1. The van der Waals surface area contributed by atoms with Gasteiger partial charge in [-0.2, -0.15) is 0 Å². The van der Waals surface area contributed by atoms with Gasteiger partial charge in [0.2, 0.25) is 5.91 Å². The Kier molecular flexibility index (Phi) is 5.22. The number of nitrogens with zero attached hydrogens (tertiary/aromatic N) is 3. The van der Waals surface area contributed by atoms with Crippen LogP contribution in [0.25, 0.3) is 11.0 Å². The maximum Gasteiger partial charge on any atom is 0.236 e. The standard InChI is InChI=1S/C20H18N4OS2/c1-14-12-26-19(21-14)23-18(25)13-27-20-22-16-9-5-6-10-17(16)24(20)11-15-7-3-2-4-8-15/h2-10,12H,11,13H2,1H3,(H,21,23,25). The van der Waals surface area contributed by atoms with Crippen molar-refractivity contribution in [2.24, 2.45) is 0 Å². The monoisotopic (exact) mass is 394 g/mol. The topological polar surface area (TPSA) is 59.8 Å². The molecular formula is C20H18N4OS2. The Morgan fingerprint density at radius 1 is 1.11 bits per heavy atom. The van der Waals surface area contributed by atoms with Crippen molar-refractivity contribution in [1.29, 1.82) is 0 Å². The first kappa shape index (κ1) is 17.8. The number of fused-ring (bicyclic) bond motifs is 1. The third-order valence-electron chi connectivity index (χ3n) is 4.00. The van der Waals surface area contributed by atoms with Gasteiger partial charge in [0.05, 0.1) is 29.0 Å². The van der Waals surface area contributed by atoms with Gasteiger partial charge in [0, 0.05) is 5.38 Å². The highest BCUT2D eigenvalue weighted by Crippen LogP contribution is 2.25. The normalized spacial score (nSPS) is 11.0. The molecular weight excluding hydrogens is 376 g/mol. The zero-order valence-corrected chi connectivity index (χ0v) is 16.4. The van der Waals surface area contributed by atoms with Crippen LogP contribution in [0.4, 0.5) is 5.13 Å². The molecule has 0 atom stereocenters. The number of hydrogen-bond acceptors (Lipinski definition) is 5. The summed E-state index contributed by atoms with van der Waals surface area (Å²) in [7, 11) is 0. The van der Waals surface area contributed by atoms with Gasteiger partial charge in [-0.05, 0) is 24.6 Å². The maximum atomic E-state index is 12.3. The van der Waals surface area contributed by atoms with Gasteiger partial charge in [-0.15, -0.1) is 11.3 Å². The number of benzene rings is 2. The number of aryl methyl sites for hydroxylation is 1. The van der Waals surface area contributed by atoms with E-state index in [1.54, 1.807) is 0 Å². The van der Waals surface area contributed by atoms with Gasteiger partial charge >= 0.3 is 0 Å². The molecule has 2 aromatic heterocycles. The number of amides is 1. The molecule has 136 valence electrons. The van der Waals surface area contributed by atoms with Crippen LogP contribution in [0.15, 0.2) is 65.1 Å². The van der Waals surface area contributed by atoms with Crippen LogP contribution >= 0.6 is 23.1 Å². The molecule has 0 spiro atoms. The lowest BCUT2D eigenvalue weighted by atomic mass is 10.2. The highest BCUT2D eigenvalue weighted by molar-refractivity contribution is 7.99. The van der Waals surface area contributed by atoms with Crippen LogP contribution in [0.1, 0.15) is 11.3 Å². The lowest BCUT2D eigenvalue weighted by Crippen LogP contribution is -2.14. The number of anilines is 1. The van der Waals surface area contributed by atoms with E-state index in [9.17, 15) is 4.79 Å². The van der Waals surface area contributed by atoms with Crippen LogP contribution in [-0.4, -0.2) is 26.2 Å². The Morgan fingerprint density at radius 3 is 2.67 bits per heavy atom. The van der Waals surface area contributed by atoms with Crippen LogP contribution in [-0.2, 0) is 11.3 Å². The molecule has 0 aliphatic heterocycles. The van der Waals surface area contributed by atoms with Crippen molar-refractivity contribution in [3.8, 4) is 0 Å². The summed E-state index contributed by atoms with van der Waals surface area (Å²) in [5, 5.41) is 6.24. The summed E-state index contributed by atoms with van der Waals surface area (Å²) >= 11 is 2.88. The predicted octanol–water partition coefficient (Wildman–Crippen LogP) is 4.58. The van der Waals surface area contributed by atoms with Crippen molar-refractivity contribution in [3.05, 3.63) is 71.2 Å². The molecule has 0 aliphatic rings. The molecule has 27 heavy (non-hydrogen) atoms. The minimum Gasteiger partial charge on any atom is -0.314 e. The molecule has 0 saturated carbocycles. The van der Waals surface area contributed by atoms with Gasteiger partial charge in [-0.1, -0.05) is 54.2 Å². The average molecular weight is 395 g/mol. The van der Waals surface area contributed by atoms with Crippen molar-refractivity contribution in [2.75, 3.05) is 11.1 Å². The fourth-order valence-corrected chi connectivity index (χ4v) is 4.30. The summed E-state index contributed by atoms with van der Waals surface area (Å²) in [6.45, 7) is 2.63. The van der Waals surface area contributed by atoms with E-state index in [1.165, 1.54) is 28.7 Å². The molecule has 0 aliphatic carbocycles. The Morgan fingerprint density at radius 2 is 1.89 bits per heavy atom. The highest BCUT2D eigenvalue weighted by Gasteiger charge is 2.14. The van der Waals surface area contributed by atoms with E-state index in [-0.39, 0.29) is 11.7 Å². The quantitative estimate of drug-likeness (QED) is 0.486. The van der Waals surface area contributed by atoms with Crippen molar-refractivity contribution >= 4 is 45.2 Å². The number of para-hydroxylation sites is 2. The van der Waals surface area contributed by atoms with Gasteiger partial charge in [-0.3, -0.25) is 4.79 Å². The van der Waals surface area contributed by atoms with Crippen LogP contribution in [0.3, 0.4) is 0 Å². The summed E-state index contributed by atoms with van der Waals surface area (Å²) in [6, 6.07) is 18.3. The first-order valence-electron chi connectivity index (χ1n) is 8.53. The van der Waals surface area contributed by atoms with Gasteiger partial charge in [-0.25, -0.2) is 9.97 Å². The smallest absolute Gasteiger partial charge is 0.236 e. The molecule has 1 N–H and O–H groups in total. The van der Waals surface area contributed by atoms with E-state index in [0.29, 0.717) is 5.13 Å². The first-order chi connectivity index (χ1) is 13.2. The Bertz CT molecular complexity index is 1070. The van der Waals surface area contributed by atoms with Crippen LogP contribution in [0.2, 0.25) is 0 Å². The zero-order chi connectivity index (χ0) is 18.6. The van der Waals surface area contributed by atoms with E-state index in [4.69, 9.17) is 4.98 Å². The molecule has 0 bridgehead atoms. The fourth-order valence-electron chi connectivity index (χ4n) is 2.78. The largest absolute Gasteiger partial charge is 0.314 e. The van der Waals surface area contributed by atoms with Gasteiger partial charge < -0.3 is 9.88 Å². The Hall–Kier alpha value is -2.64. The average Bonchev–Trinajstić information content (AvgIpc) is 3.24. The number of carbonyl (C=O) groups is 1. The SMILES string of the molecule is Cc1csc(NC(=O)CSc2nc3ccccc3n2Cc2ccccc2)n1. The lowest BCUT2D eigenvalue weighted by Gasteiger charge is -2.09. The number of rotatable bonds is 6. The van der Waals surface area contributed by atoms with E-state index in [1.807, 2.05) is 48.7 Å².